The third kappa shape index (κ3) is 7.26. The van der Waals surface area contributed by atoms with Crippen molar-refractivity contribution in [3.05, 3.63) is 46.8 Å². The number of carboxylic acids is 1. The molecular formula is C48H69N5O5. The number of allylic oxidation sites excluding steroid dienone is 2. The first-order valence-electron chi connectivity index (χ1n) is 22.0. The third-order valence-electron chi connectivity index (χ3n) is 16.3. The number of hydrogen-bond acceptors (Lipinski definition) is 8. The molecule has 1 aromatic heterocycles. The van der Waals surface area contributed by atoms with Crippen LogP contribution in [-0.4, -0.2) is 69.2 Å². The van der Waals surface area contributed by atoms with Crippen LogP contribution >= 0.6 is 0 Å². The summed E-state index contributed by atoms with van der Waals surface area (Å²) in [5.74, 6) is 1.82. The largest absolute Gasteiger partial charge is 0.481 e. The zero-order valence-electron chi connectivity index (χ0n) is 37.2. The van der Waals surface area contributed by atoms with E-state index in [4.69, 9.17) is 14.9 Å². The summed E-state index contributed by atoms with van der Waals surface area (Å²) in [7, 11) is 4.15. The average Bonchev–Trinajstić information content (AvgIpc) is 3.73. The van der Waals surface area contributed by atoms with Gasteiger partial charge in [0.1, 0.15) is 11.9 Å². The molecule has 10 heteroatoms. The minimum absolute atomic E-state index is 0.0266. The van der Waals surface area contributed by atoms with Gasteiger partial charge < -0.3 is 19.3 Å². The number of benzene rings is 1. The molecule has 3 fully saturated rings. The SMILES string of the molecule is CC[C@H](CC[C@@]1(C)[C@H](C)CC[C@]2(C)[C@@H]1CC[C@@H]1C3=C(C(C)C)C(=O)C[C@]3(c3nnc(-c4ccc(C#N)cc4)n3CCN(C)C)CC[C@]12C)OC(=O)CC(C)(C)C(=O)O. The molecule has 0 aliphatic heterocycles. The van der Waals surface area contributed by atoms with E-state index in [1.807, 2.05) is 24.3 Å². The highest BCUT2D eigenvalue weighted by Crippen LogP contribution is 2.75. The number of carbonyl (C=O) groups is 3. The summed E-state index contributed by atoms with van der Waals surface area (Å²) in [4.78, 5) is 41.4. The number of ether oxygens (including phenoxy) is 1. The first-order chi connectivity index (χ1) is 27.2. The Morgan fingerprint density at radius 1 is 1.05 bits per heavy atom. The van der Waals surface area contributed by atoms with Gasteiger partial charge in [-0.05, 0) is 161 Å². The monoisotopic (exact) mass is 796 g/mol. The minimum atomic E-state index is -1.17. The van der Waals surface area contributed by atoms with E-state index < -0.39 is 22.8 Å². The fraction of sp³-hybridized carbons (Fsp3) is 0.708. The molecule has 1 aromatic carbocycles. The smallest absolute Gasteiger partial charge is 0.309 e. The predicted molar refractivity (Wildman–Crippen MR) is 225 cm³/mol. The summed E-state index contributed by atoms with van der Waals surface area (Å²) in [5, 5.41) is 29.0. The molecular weight excluding hydrogens is 727 g/mol. The van der Waals surface area contributed by atoms with Crippen LogP contribution in [0.4, 0.5) is 0 Å². The molecule has 8 atom stereocenters. The highest BCUT2D eigenvalue weighted by atomic mass is 16.5. The summed E-state index contributed by atoms with van der Waals surface area (Å²) < 4.78 is 8.26. The zero-order valence-corrected chi connectivity index (χ0v) is 37.2. The first kappa shape index (κ1) is 43.7. The first-order valence-corrected chi connectivity index (χ1v) is 22.0. The van der Waals surface area contributed by atoms with Gasteiger partial charge in [0.05, 0.1) is 28.9 Å². The Kier molecular flexibility index (Phi) is 12.0. The van der Waals surface area contributed by atoms with E-state index >= 15 is 0 Å². The Bertz CT molecular complexity index is 1970. The summed E-state index contributed by atoms with van der Waals surface area (Å²) in [5.41, 5.74) is 2.21. The normalized spacial score (nSPS) is 31.4. The zero-order chi connectivity index (χ0) is 42.6. The van der Waals surface area contributed by atoms with Gasteiger partial charge in [-0.3, -0.25) is 14.4 Å². The van der Waals surface area contributed by atoms with Crippen LogP contribution < -0.4 is 0 Å². The molecule has 0 amide bonds. The maximum absolute atomic E-state index is 14.5. The van der Waals surface area contributed by atoms with Gasteiger partial charge in [-0.2, -0.15) is 5.26 Å². The lowest BCUT2D eigenvalue weighted by molar-refractivity contribution is -0.184. The van der Waals surface area contributed by atoms with Crippen molar-refractivity contribution in [2.75, 3.05) is 20.6 Å². The fourth-order valence-corrected chi connectivity index (χ4v) is 12.4. The molecule has 0 spiro atoms. The number of carboxylic acid groups (broad SMARTS) is 1. The second-order valence-corrected chi connectivity index (χ2v) is 20.5. The molecule has 4 aliphatic carbocycles. The van der Waals surface area contributed by atoms with Crippen molar-refractivity contribution in [1.29, 1.82) is 5.26 Å². The van der Waals surface area contributed by atoms with Gasteiger partial charge in [-0.25, -0.2) is 0 Å². The number of likely N-dealkylation sites (N-methyl/N-ethyl adjacent to an activating group) is 1. The maximum Gasteiger partial charge on any atom is 0.309 e. The van der Waals surface area contributed by atoms with E-state index in [0.717, 1.165) is 80.7 Å². The van der Waals surface area contributed by atoms with E-state index in [2.05, 4.69) is 78.1 Å². The van der Waals surface area contributed by atoms with Gasteiger partial charge in [-0.1, -0.05) is 48.5 Å². The highest BCUT2D eigenvalue weighted by molar-refractivity contribution is 6.01. The predicted octanol–water partition coefficient (Wildman–Crippen LogP) is 9.41. The fourth-order valence-electron chi connectivity index (χ4n) is 12.4. The van der Waals surface area contributed by atoms with Crippen molar-refractivity contribution in [2.45, 2.75) is 151 Å². The van der Waals surface area contributed by atoms with Crippen LogP contribution in [0.5, 0.6) is 0 Å². The Morgan fingerprint density at radius 2 is 1.74 bits per heavy atom. The number of aromatic nitrogens is 3. The van der Waals surface area contributed by atoms with Crippen molar-refractivity contribution in [3.8, 4) is 17.5 Å². The molecule has 6 rings (SSSR count). The van der Waals surface area contributed by atoms with Crippen LogP contribution in [0.2, 0.25) is 0 Å². The molecule has 0 unspecified atom stereocenters. The summed E-state index contributed by atoms with van der Waals surface area (Å²) in [6, 6.07) is 9.82. The van der Waals surface area contributed by atoms with Crippen LogP contribution in [-0.2, 0) is 31.1 Å². The average molecular weight is 796 g/mol. The van der Waals surface area contributed by atoms with Gasteiger partial charge in [0.2, 0.25) is 0 Å². The van der Waals surface area contributed by atoms with Gasteiger partial charge in [0.15, 0.2) is 11.6 Å². The van der Waals surface area contributed by atoms with Gasteiger partial charge >= 0.3 is 11.9 Å². The molecule has 2 aromatic rings. The summed E-state index contributed by atoms with van der Waals surface area (Å²) in [6.07, 6.45) is 8.64. The van der Waals surface area contributed by atoms with Crippen LogP contribution in [0.3, 0.4) is 0 Å². The second kappa shape index (κ2) is 16.0. The number of fused-ring (bicyclic) bond motifs is 5. The number of Topliss-reactive ketones (excluding diaryl/α,β-unsaturated/α-hetero) is 1. The van der Waals surface area contributed by atoms with E-state index in [1.165, 1.54) is 5.57 Å². The summed E-state index contributed by atoms with van der Waals surface area (Å²) >= 11 is 0. The standard InChI is InChI=1S/C48H69N5O5/c1-12-34(58-38(55)28-44(5,6)43(56)57)20-21-45(7)31(4)19-22-47(9)37(45)18-17-35-40-39(30(2)3)36(54)27-48(40,24-23-46(35,47)8)42-51-50-41(53(42)26-25-52(10)11)33-15-13-32(29-49)14-16-33/h13-16,30-31,34-35,37H,12,17-28H2,1-11H3,(H,56,57)/t31-,34-,35-,37-,45+,46-,47-,48-/m1/s1. The lowest BCUT2D eigenvalue weighted by Crippen LogP contribution is -2.62. The number of aliphatic carboxylic acids is 1. The van der Waals surface area contributed by atoms with Crippen LogP contribution in [0.15, 0.2) is 35.4 Å². The Morgan fingerprint density at radius 3 is 2.34 bits per heavy atom. The minimum Gasteiger partial charge on any atom is -0.481 e. The van der Waals surface area contributed by atoms with Gasteiger partial charge in [-0.15, -0.1) is 10.2 Å². The number of ketones is 1. The molecule has 0 saturated heterocycles. The van der Waals surface area contributed by atoms with Gasteiger partial charge in [0, 0.05) is 25.1 Å². The topological polar surface area (TPSA) is 138 Å². The van der Waals surface area contributed by atoms with Crippen molar-refractivity contribution < 1.29 is 24.2 Å². The lowest BCUT2D eigenvalue weighted by Gasteiger charge is -2.69. The van der Waals surface area contributed by atoms with Crippen LogP contribution in [0, 0.1) is 56.7 Å². The number of hydrogen-bond donors (Lipinski definition) is 1. The number of rotatable bonds is 14. The molecule has 0 radical (unpaired) electrons. The van der Waals surface area contributed by atoms with Crippen molar-refractivity contribution in [1.82, 2.24) is 19.7 Å². The van der Waals surface area contributed by atoms with Crippen molar-refractivity contribution >= 4 is 17.7 Å². The maximum atomic E-state index is 14.5. The number of nitrogens with zero attached hydrogens (tertiary/aromatic N) is 5. The quantitative estimate of drug-likeness (QED) is 0.185. The number of nitriles is 1. The molecule has 58 heavy (non-hydrogen) atoms. The number of carbonyl (C=O) groups excluding carboxylic acids is 2. The van der Waals surface area contributed by atoms with E-state index in [1.54, 1.807) is 13.8 Å². The molecule has 3 saturated carbocycles. The molecule has 0 bridgehead atoms. The molecule has 4 aliphatic rings. The van der Waals surface area contributed by atoms with E-state index in [-0.39, 0.29) is 46.4 Å². The highest BCUT2D eigenvalue weighted by Gasteiger charge is 2.68. The molecule has 1 heterocycles. The van der Waals surface area contributed by atoms with Crippen molar-refractivity contribution in [2.24, 2.45) is 45.3 Å². The second-order valence-electron chi connectivity index (χ2n) is 20.5. The Balaban J connectivity index is 1.36. The third-order valence-corrected chi connectivity index (χ3v) is 16.3. The molecule has 316 valence electrons. The van der Waals surface area contributed by atoms with E-state index in [9.17, 15) is 24.8 Å². The lowest BCUT2D eigenvalue weighted by atomic mass is 9.35. The Hall–Kier alpha value is -3.84. The van der Waals surface area contributed by atoms with Crippen LogP contribution in [0.25, 0.3) is 11.4 Å². The summed E-state index contributed by atoms with van der Waals surface area (Å²) in [6.45, 7) is 21.1. The van der Waals surface area contributed by atoms with Crippen molar-refractivity contribution in [3.63, 3.8) is 0 Å². The molecule has 10 nitrogen and oxygen atoms in total. The molecule has 1 N–H and O–H groups in total. The van der Waals surface area contributed by atoms with Crippen LogP contribution in [0.1, 0.15) is 144 Å². The Labute approximate surface area is 347 Å². The van der Waals surface area contributed by atoms with E-state index in [0.29, 0.717) is 36.8 Å². The number of esters is 1. The van der Waals surface area contributed by atoms with Gasteiger partial charge in [0.25, 0.3) is 0 Å².